The van der Waals surface area contributed by atoms with Crippen LogP contribution in [0.1, 0.15) is 39.0 Å². The zero-order valence-corrected chi connectivity index (χ0v) is 16.4. The number of methoxy groups -OCH3 is 1. The molecule has 0 spiro atoms. The van der Waals surface area contributed by atoms with E-state index in [1.54, 1.807) is 6.92 Å². The van der Waals surface area contributed by atoms with Gasteiger partial charge >= 0.3 is 0 Å². The Hall–Kier alpha value is -2.06. The summed E-state index contributed by atoms with van der Waals surface area (Å²) < 4.78 is 3.86. The monoisotopic (exact) mass is 385 g/mol. The summed E-state index contributed by atoms with van der Waals surface area (Å²) in [5, 5.41) is 7.99. The molecule has 0 heterocycles. The molecular weight excluding hydrogens is 354 g/mol. The molecule has 0 aliphatic carbocycles. The molecule has 0 aliphatic rings. The Morgan fingerprint density at radius 3 is 2.15 bits per heavy atom. The highest BCUT2D eigenvalue weighted by Crippen LogP contribution is 2.03. The van der Waals surface area contributed by atoms with Gasteiger partial charge in [0.15, 0.2) is 0 Å². The van der Waals surface area contributed by atoms with Gasteiger partial charge in [0.2, 0.25) is 5.91 Å². The van der Waals surface area contributed by atoms with Crippen LogP contribution in [0.4, 0.5) is 5.69 Å². The Kier molecular flexibility index (Phi) is 21.1. The molecule has 0 fully saturated rings. The minimum absolute atomic E-state index is 0.0758. The summed E-state index contributed by atoms with van der Waals surface area (Å²) in [5.74, 6) is 1.04. The smallest absolute Gasteiger partial charge is 0.292 e. The predicted molar refractivity (Wildman–Crippen MR) is 107 cm³/mol. The summed E-state index contributed by atoms with van der Waals surface area (Å²) in [6, 6.07) is 9.49. The third-order valence-electron chi connectivity index (χ3n) is 2.87. The summed E-state index contributed by atoms with van der Waals surface area (Å²) >= 11 is 1.23. The molecule has 1 rings (SSSR count). The Bertz CT molecular complexity index is 473. The number of benzene rings is 1. The van der Waals surface area contributed by atoms with Crippen molar-refractivity contribution in [3.63, 3.8) is 0 Å². The summed E-state index contributed by atoms with van der Waals surface area (Å²) in [7, 11) is 1.31. The summed E-state index contributed by atoms with van der Waals surface area (Å²) in [5.41, 5.74) is 6.18. The van der Waals surface area contributed by atoms with Crippen LogP contribution in [0, 0.1) is 0 Å². The normalized spacial score (nSPS) is 8.88. The molecule has 0 radical (unpaired) electrons. The summed E-state index contributed by atoms with van der Waals surface area (Å²) in [6.45, 7) is 2.60. The number of rotatable bonds is 10. The quantitative estimate of drug-likeness (QED) is 0.244. The lowest BCUT2D eigenvalue weighted by Crippen LogP contribution is -2.25. The number of unbranched alkanes of at least 4 members (excludes halogenated alkanes) is 2. The van der Waals surface area contributed by atoms with Crippen molar-refractivity contribution in [3.8, 4) is 0 Å². The lowest BCUT2D eigenvalue weighted by Gasteiger charge is -2.03. The Labute approximate surface area is 160 Å². The van der Waals surface area contributed by atoms with E-state index in [0.717, 1.165) is 30.7 Å². The third-order valence-corrected chi connectivity index (χ3v) is 3.31. The van der Waals surface area contributed by atoms with Gasteiger partial charge in [0.25, 0.3) is 6.47 Å². The maximum Gasteiger partial charge on any atom is 0.292 e. The molecule has 1 aromatic carbocycles. The standard InChI is InChI=1S/C10H20N2O2S.C6H7N.C2H4O2/c1-9(13)5-3-2-4-6-10(14)12-7-8-15-11;7-6-4-2-1-3-5-6;1-4-2-3/h2-8,11H2,1H3,(H,12,14);1-5H,7H2;2H,1H3. The van der Waals surface area contributed by atoms with Gasteiger partial charge < -0.3 is 20.6 Å². The maximum atomic E-state index is 11.2. The fraction of sp³-hybridized carbons (Fsp3) is 0.500. The average Bonchev–Trinajstić information content (AvgIpc) is 2.63. The van der Waals surface area contributed by atoms with E-state index in [9.17, 15) is 9.59 Å². The van der Waals surface area contributed by atoms with Crippen LogP contribution in [-0.2, 0) is 19.1 Å². The van der Waals surface area contributed by atoms with Crippen molar-refractivity contribution in [2.45, 2.75) is 39.0 Å². The van der Waals surface area contributed by atoms with Crippen molar-refractivity contribution in [1.82, 2.24) is 5.32 Å². The van der Waals surface area contributed by atoms with Crippen LogP contribution in [0.15, 0.2) is 30.3 Å². The summed E-state index contributed by atoms with van der Waals surface area (Å²) in [4.78, 5) is 30.8. The Balaban J connectivity index is 0. The van der Waals surface area contributed by atoms with Gasteiger partial charge in [-0.3, -0.25) is 14.7 Å². The number of amides is 1. The molecule has 0 aliphatic heterocycles. The molecule has 1 aromatic rings. The molecule has 148 valence electrons. The number of carbonyl (C=O) groups excluding carboxylic acids is 3. The van der Waals surface area contributed by atoms with Crippen molar-refractivity contribution in [2.24, 2.45) is 5.14 Å². The van der Waals surface area contributed by atoms with E-state index < -0.39 is 0 Å². The molecule has 0 atom stereocenters. The van der Waals surface area contributed by atoms with Gasteiger partial charge in [0, 0.05) is 30.8 Å². The highest BCUT2D eigenvalue weighted by Gasteiger charge is 2.00. The zero-order valence-electron chi connectivity index (χ0n) is 15.6. The van der Waals surface area contributed by atoms with Crippen LogP contribution in [0.3, 0.4) is 0 Å². The largest absolute Gasteiger partial charge is 0.471 e. The first-order chi connectivity index (χ1) is 12.5. The number of anilines is 1. The molecule has 1 amide bonds. The number of nitrogens with two attached hydrogens (primary N) is 2. The number of nitrogens with one attached hydrogen (secondary N) is 1. The molecule has 0 saturated heterocycles. The second kappa shape index (κ2) is 21.0. The number of ketones is 1. The van der Waals surface area contributed by atoms with Crippen molar-refractivity contribution < 1.29 is 19.1 Å². The number of carbonyl (C=O) groups is 3. The van der Waals surface area contributed by atoms with Crippen LogP contribution in [0.25, 0.3) is 0 Å². The Morgan fingerprint density at radius 1 is 1.15 bits per heavy atom. The van der Waals surface area contributed by atoms with Crippen LogP contribution in [0.5, 0.6) is 0 Å². The summed E-state index contributed by atoms with van der Waals surface area (Å²) in [6.07, 6.45) is 3.87. The highest BCUT2D eigenvalue weighted by molar-refractivity contribution is 7.97. The zero-order chi connectivity index (χ0) is 20.0. The van der Waals surface area contributed by atoms with Gasteiger partial charge in [-0.05, 0) is 31.9 Å². The van der Waals surface area contributed by atoms with E-state index in [-0.39, 0.29) is 11.7 Å². The van der Waals surface area contributed by atoms with Gasteiger partial charge in [0.05, 0.1) is 7.11 Å². The fourth-order valence-electron chi connectivity index (χ4n) is 1.63. The number of hydrogen-bond acceptors (Lipinski definition) is 7. The molecule has 0 aromatic heterocycles. The van der Waals surface area contributed by atoms with Crippen LogP contribution >= 0.6 is 11.9 Å². The van der Waals surface area contributed by atoms with Gasteiger partial charge in [-0.15, -0.1) is 0 Å². The predicted octanol–water partition coefficient (Wildman–Crippen LogP) is 2.31. The molecule has 26 heavy (non-hydrogen) atoms. The fourth-order valence-corrected chi connectivity index (χ4v) is 1.85. The van der Waals surface area contributed by atoms with E-state index in [4.69, 9.17) is 15.7 Å². The second-order valence-electron chi connectivity index (χ2n) is 5.23. The molecule has 0 unspecified atom stereocenters. The molecule has 8 heteroatoms. The van der Waals surface area contributed by atoms with Crippen molar-refractivity contribution >= 4 is 35.8 Å². The van der Waals surface area contributed by atoms with Gasteiger partial charge in [-0.2, -0.15) is 0 Å². The molecular formula is C18H31N3O4S. The van der Waals surface area contributed by atoms with E-state index in [1.807, 2.05) is 30.3 Å². The van der Waals surface area contributed by atoms with Crippen LogP contribution in [0.2, 0.25) is 0 Å². The first kappa shape index (κ1) is 26.2. The topological polar surface area (TPSA) is 125 Å². The van der Waals surface area contributed by atoms with Crippen molar-refractivity contribution in [3.05, 3.63) is 30.3 Å². The van der Waals surface area contributed by atoms with Crippen molar-refractivity contribution in [2.75, 3.05) is 25.1 Å². The lowest BCUT2D eigenvalue weighted by atomic mass is 10.1. The van der Waals surface area contributed by atoms with E-state index in [2.05, 4.69) is 10.1 Å². The van der Waals surface area contributed by atoms with Gasteiger partial charge in [0.1, 0.15) is 5.78 Å². The molecule has 7 nitrogen and oxygen atoms in total. The highest BCUT2D eigenvalue weighted by atomic mass is 32.2. The van der Waals surface area contributed by atoms with Crippen LogP contribution in [-0.4, -0.2) is 37.6 Å². The molecule has 0 bridgehead atoms. The minimum Gasteiger partial charge on any atom is -0.471 e. The second-order valence-corrected chi connectivity index (χ2v) is 5.97. The van der Waals surface area contributed by atoms with Crippen LogP contribution < -0.4 is 16.2 Å². The van der Waals surface area contributed by atoms with E-state index >= 15 is 0 Å². The number of hydrogen-bond donors (Lipinski definition) is 3. The third kappa shape index (κ3) is 24.2. The SMILES string of the molecule is CC(=O)CCCCCC(=O)NCCSN.COC=O.Nc1ccccc1. The first-order valence-corrected chi connectivity index (χ1v) is 9.37. The van der Waals surface area contributed by atoms with Crippen molar-refractivity contribution in [1.29, 1.82) is 0 Å². The van der Waals surface area contributed by atoms with E-state index in [1.165, 1.54) is 19.1 Å². The number of Topliss-reactive ketones (excluding diaryl/α,β-unsaturated/α-hetero) is 1. The number of para-hydroxylation sites is 1. The van der Waals surface area contributed by atoms with Gasteiger partial charge in [-0.25, -0.2) is 0 Å². The number of ether oxygens (including phenoxy) is 1. The maximum absolute atomic E-state index is 11.2. The first-order valence-electron chi connectivity index (χ1n) is 8.32. The molecule has 5 N–H and O–H groups in total. The average molecular weight is 386 g/mol. The van der Waals surface area contributed by atoms with E-state index in [0.29, 0.717) is 25.9 Å². The Morgan fingerprint density at radius 2 is 1.73 bits per heavy atom. The number of nitrogen functional groups attached to an aromatic ring is 1. The van der Waals surface area contributed by atoms with Gasteiger partial charge in [-0.1, -0.05) is 36.6 Å². The molecule has 0 saturated carbocycles. The lowest BCUT2D eigenvalue weighted by molar-refractivity contribution is -0.126. The minimum atomic E-state index is 0.0758.